The van der Waals surface area contributed by atoms with Crippen LogP contribution < -0.4 is 5.32 Å². The molecule has 1 aromatic heterocycles. The van der Waals surface area contributed by atoms with Crippen molar-refractivity contribution in [2.75, 3.05) is 30.3 Å². The summed E-state index contributed by atoms with van der Waals surface area (Å²) in [6.07, 6.45) is 2.17. The van der Waals surface area contributed by atoms with Gasteiger partial charge in [-0.05, 0) is 45.8 Å². The van der Waals surface area contributed by atoms with E-state index in [9.17, 15) is 13.2 Å². The Morgan fingerprint density at radius 3 is 2.71 bits per heavy atom. The van der Waals surface area contributed by atoms with E-state index in [0.29, 0.717) is 11.7 Å². The Morgan fingerprint density at radius 1 is 1.23 bits per heavy atom. The van der Waals surface area contributed by atoms with Crippen molar-refractivity contribution in [3.63, 3.8) is 0 Å². The van der Waals surface area contributed by atoms with Gasteiger partial charge in [0, 0.05) is 18.2 Å². The lowest BCUT2D eigenvalue weighted by atomic mass is 10.1. The molecule has 1 aromatic carbocycles. The summed E-state index contributed by atoms with van der Waals surface area (Å²) in [5, 5.41) is 12.3. The Morgan fingerprint density at radius 2 is 2.00 bits per heavy atom. The lowest BCUT2D eigenvalue weighted by molar-refractivity contribution is -0.119. The third-order valence-electron chi connectivity index (χ3n) is 5.92. The summed E-state index contributed by atoms with van der Waals surface area (Å²) in [5.74, 6) is 0.946. The zero-order valence-corrected chi connectivity index (χ0v) is 19.6. The van der Waals surface area contributed by atoms with Gasteiger partial charge in [0.1, 0.15) is 0 Å². The number of hydrogen-bond acceptors (Lipinski definition) is 7. The lowest BCUT2D eigenvalue weighted by Crippen LogP contribution is -2.50. The largest absolute Gasteiger partial charge is 0.350 e. The van der Waals surface area contributed by atoms with Crippen LogP contribution in [0.25, 0.3) is 11.4 Å². The fraction of sp³-hybridized carbons (Fsp3) is 0.571. The first-order valence-corrected chi connectivity index (χ1v) is 13.5. The summed E-state index contributed by atoms with van der Waals surface area (Å²) in [6, 6.07) is 7.64. The average molecular weight is 464 g/mol. The summed E-state index contributed by atoms with van der Waals surface area (Å²) in [4.78, 5) is 14.9. The number of amides is 1. The van der Waals surface area contributed by atoms with Crippen molar-refractivity contribution in [1.82, 2.24) is 25.0 Å². The van der Waals surface area contributed by atoms with E-state index in [0.717, 1.165) is 42.9 Å². The highest BCUT2D eigenvalue weighted by Crippen LogP contribution is 2.25. The number of aryl methyl sites for hydroxylation is 1. The number of hydrogen-bond donors (Lipinski definition) is 1. The fourth-order valence-electron chi connectivity index (χ4n) is 4.46. The van der Waals surface area contributed by atoms with Gasteiger partial charge in [0.2, 0.25) is 5.91 Å². The van der Waals surface area contributed by atoms with Crippen LogP contribution in [0.15, 0.2) is 29.4 Å². The first-order valence-electron chi connectivity index (χ1n) is 10.7. The molecular formula is C21H29N5O3S2. The van der Waals surface area contributed by atoms with Gasteiger partial charge in [-0.1, -0.05) is 35.5 Å². The zero-order chi connectivity index (χ0) is 22.0. The predicted octanol–water partition coefficient (Wildman–Crippen LogP) is 1.74. The van der Waals surface area contributed by atoms with Crippen molar-refractivity contribution in [2.45, 2.75) is 50.5 Å². The second kappa shape index (κ2) is 9.30. The fourth-order valence-corrected chi connectivity index (χ4v) is 7.22. The molecule has 2 saturated heterocycles. The molecule has 0 bridgehead atoms. The summed E-state index contributed by atoms with van der Waals surface area (Å²) < 4.78 is 26.4. The number of nitrogens with zero attached hydrogens (tertiary/aromatic N) is 4. The molecule has 0 saturated carbocycles. The van der Waals surface area contributed by atoms with Crippen LogP contribution in [-0.2, 0) is 21.2 Å². The molecular weight excluding hydrogens is 434 g/mol. The molecule has 2 fully saturated rings. The molecule has 2 atom stereocenters. The Hall–Kier alpha value is -1.91. The Labute approximate surface area is 187 Å². The third-order valence-corrected chi connectivity index (χ3v) is 8.60. The number of likely N-dealkylation sites (tertiary alicyclic amines) is 1. The number of benzene rings is 1. The van der Waals surface area contributed by atoms with E-state index < -0.39 is 9.84 Å². The normalized spacial score (nSPS) is 23.3. The Kier molecular flexibility index (Phi) is 6.68. The smallest absolute Gasteiger partial charge is 0.230 e. The minimum Gasteiger partial charge on any atom is -0.350 e. The van der Waals surface area contributed by atoms with Crippen molar-refractivity contribution in [1.29, 1.82) is 0 Å². The number of rotatable bonds is 7. The minimum atomic E-state index is -3.13. The average Bonchev–Trinajstić information content (AvgIpc) is 3.44. The molecule has 0 aliphatic carbocycles. The summed E-state index contributed by atoms with van der Waals surface area (Å²) in [6.45, 7) is 6.56. The number of carbonyl (C=O) groups is 1. The molecule has 2 aliphatic heterocycles. The Bertz CT molecular complexity index is 1050. The second-order valence-corrected chi connectivity index (χ2v) is 11.4. The van der Waals surface area contributed by atoms with Crippen LogP contribution in [0.2, 0.25) is 0 Å². The maximum atomic E-state index is 12.7. The van der Waals surface area contributed by atoms with Crippen molar-refractivity contribution < 1.29 is 13.2 Å². The van der Waals surface area contributed by atoms with E-state index in [1.807, 2.05) is 36.6 Å². The first kappa shape index (κ1) is 22.3. The first-order chi connectivity index (χ1) is 14.9. The number of thioether (sulfide) groups is 1. The molecule has 0 spiro atoms. The quantitative estimate of drug-likeness (QED) is 0.625. The van der Waals surface area contributed by atoms with Gasteiger partial charge in [-0.2, -0.15) is 0 Å². The highest BCUT2D eigenvalue weighted by molar-refractivity contribution is 7.99. The molecule has 2 unspecified atom stereocenters. The monoisotopic (exact) mass is 463 g/mol. The van der Waals surface area contributed by atoms with Crippen LogP contribution in [0.5, 0.6) is 0 Å². The number of carbonyl (C=O) groups excluding carboxylic acids is 1. The zero-order valence-electron chi connectivity index (χ0n) is 18.0. The molecule has 0 radical (unpaired) electrons. The number of sulfone groups is 1. The van der Waals surface area contributed by atoms with Gasteiger partial charge in [0.05, 0.1) is 23.3 Å². The van der Waals surface area contributed by atoms with Gasteiger partial charge in [-0.3, -0.25) is 9.69 Å². The summed E-state index contributed by atoms with van der Waals surface area (Å²) >= 11 is 1.33. The molecule has 4 rings (SSSR count). The molecule has 31 heavy (non-hydrogen) atoms. The molecule has 168 valence electrons. The van der Waals surface area contributed by atoms with Crippen LogP contribution in [0.3, 0.4) is 0 Å². The maximum Gasteiger partial charge on any atom is 0.230 e. The lowest BCUT2D eigenvalue weighted by Gasteiger charge is -2.28. The molecule has 1 N–H and O–H groups in total. The van der Waals surface area contributed by atoms with E-state index >= 15 is 0 Å². The SMILES string of the molecule is CCn1c(SCC(=O)NC2CS(=O)(=O)CC2N2CCCC2)nnc1-c1cccc(C)c1. The van der Waals surface area contributed by atoms with Gasteiger partial charge in [-0.15, -0.1) is 10.2 Å². The molecule has 1 amide bonds. The van der Waals surface area contributed by atoms with Crippen molar-refractivity contribution in [2.24, 2.45) is 0 Å². The molecule has 2 aliphatic rings. The number of nitrogens with one attached hydrogen (secondary N) is 1. The van der Waals surface area contributed by atoms with Crippen LogP contribution in [0, 0.1) is 6.92 Å². The van der Waals surface area contributed by atoms with Crippen molar-refractivity contribution in [3.05, 3.63) is 29.8 Å². The minimum absolute atomic E-state index is 0.0211. The molecule has 3 heterocycles. The van der Waals surface area contributed by atoms with E-state index in [1.165, 1.54) is 11.8 Å². The molecule has 2 aromatic rings. The van der Waals surface area contributed by atoms with Crippen LogP contribution in [-0.4, -0.2) is 76.4 Å². The van der Waals surface area contributed by atoms with Crippen LogP contribution in [0.1, 0.15) is 25.3 Å². The van der Waals surface area contributed by atoms with Gasteiger partial charge < -0.3 is 9.88 Å². The molecule has 8 nitrogen and oxygen atoms in total. The summed E-state index contributed by atoms with van der Waals surface area (Å²) in [5.41, 5.74) is 2.14. The van der Waals surface area contributed by atoms with E-state index in [1.54, 1.807) is 0 Å². The maximum absolute atomic E-state index is 12.7. The summed E-state index contributed by atoms with van der Waals surface area (Å²) in [7, 11) is -3.13. The Balaban J connectivity index is 1.41. The van der Waals surface area contributed by atoms with Crippen molar-refractivity contribution in [3.8, 4) is 11.4 Å². The van der Waals surface area contributed by atoms with Gasteiger partial charge in [-0.25, -0.2) is 8.42 Å². The standard InChI is InChI=1S/C21H29N5O3S2/c1-3-26-20(16-8-6-7-15(2)11-16)23-24-21(26)30-12-19(27)22-17-13-31(28,29)14-18(17)25-9-4-5-10-25/h6-8,11,17-18H,3-5,9-10,12-14H2,1-2H3,(H,22,27). The van der Waals surface area contributed by atoms with Crippen molar-refractivity contribution >= 4 is 27.5 Å². The van der Waals surface area contributed by atoms with E-state index in [2.05, 4.69) is 26.5 Å². The highest BCUT2D eigenvalue weighted by Gasteiger charge is 2.42. The van der Waals surface area contributed by atoms with Gasteiger partial charge in [0.25, 0.3) is 0 Å². The van der Waals surface area contributed by atoms with E-state index in [4.69, 9.17) is 0 Å². The molecule has 10 heteroatoms. The third kappa shape index (κ3) is 5.12. The van der Waals surface area contributed by atoms with Gasteiger partial charge >= 0.3 is 0 Å². The second-order valence-electron chi connectivity index (χ2n) is 8.27. The predicted molar refractivity (Wildman–Crippen MR) is 122 cm³/mol. The topological polar surface area (TPSA) is 97.2 Å². The van der Waals surface area contributed by atoms with Gasteiger partial charge in [0.15, 0.2) is 20.8 Å². The highest BCUT2D eigenvalue weighted by atomic mass is 32.2. The van der Waals surface area contributed by atoms with E-state index in [-0.39, 0.29) is 35.2 Å². The van der Waals surface area contributed by atoms with Crippen LogP contribution in [0.4, 0.5) is 0 Å². The number of aromatic nitrogens is 3. The van der Waals surface area contributed by atoms with Crippen LogP contribution >= 0.6 is 11.8 Å².